The summed E-state index contributed by atoms with van der Waals surface area (Å²) < 4.78 is 5.34. The lowest BCUT2D eigenvalue weighted by Gasteiger charge is -2.08. The van der Waals surface area contributed by atoms with Gasteiger partial charge >= 0.3 is 6.09 Å². The number of hydrogen-bond donors (Lipinski definition) is 3. The number of benzene rings is 2. The molecule has 2 rings (SSSR count). The fourth-order valence-electron chi connectivity index (χ4n) is 2.11. The highest BCUT2D eigenvalue weighted by molar-refractivity contribution is 5.94. The van der Waals surface area contributed by atoms with Crippen LogP contribution in [0.1, 0.15) is 28.4 Å². The van der Waals surface area contributed by atoms with Crippen LogP contribution in [0.5, 0.6) is 5.75 Å². The van der Waals surface area contributed by atoms with Crippen LogP contribution in [0.25, 0.3) is 0 Å². The summed E-state index contributed by atoms with van der Waals surface area (Å²) in [6.45, 7) is 3.15. The molecule has 2 aromatic rings. The summed E-state index contributed by atoms with van der Waals surface area (Å²) in [6, 6.07) is 14.4. The Morgan fingerprint density at radius 3 is 1.96 bits per heavy atom. The Morgan fingerprint density at radius 1 is 0.917 bits per heavy atom. The maximum Gasteiger partial charge on any atom is 0.404 e. The van der Waals surface area contributed by atoms with Crippen LogP contribution in [0.4, 0.5) is 4.79 Å². The summed E-state index contributed by atoms with van der Waals surface area (Å²) in [4.78, 5) is 22.5. The summed E-state index contributed by atoms with van der Waals surface area (Å²) in [6.07, 6.45) is -1.05. The average Bonchev–Trinajstić information content (AvgIpc) is 2.59. The van der Waals surface area contributed by atoms with E-state index >= 15 is 0 Å². The summed E-state index contributed by atoms with van der Waals surface area (Å²) in [7, 11) is 0. The molecule has 6 heteroatoms. The molecule has 0 aliphatic heterocycles. The molecule has 2 aromatic carbocycles. The lowest BCUT2D eigenvalue weighted by Crippen LogP contribution is -2.23. The molecule has 0 radical (unpaired) electrons. The van der Waals surface area contributed by atoms with Gasteiger partial charge in [-0.25, -0.2) is 4.79 Å². The predicted molar refractivity (Wildman–Crippen MR) is 90.1 cm³/mol. The SMILES string of the molecule is CCOc1ccc(C(=O)NCc2ccc(CNC(=O)O)cc2)cc1. The number of carbonyl (C=O) groups excluding carboxylic acids is 1. The fraction of sp³-hybridized carbons (Fsp3) is 0.222. The zero-order valence-electron chi connectivity index (χ0n) is 13.4. The molecule has 0 aliphatic rings. The molecule has 24 heavy (non-hydrogen) atoms. The quantitative estimate of drug-likeness (QED) is 0.729. The summed E-state index contributed by atoms with van der Waals surface area (Å²) in [5.74, 6) is 0.578. The number of ether oxygens (including phenoxy) is 1. The lowest BCUT2D eigenvalue weighted by atomic mass is 10.1. The lowest BCUT2D eigenvalue weighted by molar-refractivity contribution is 0.0951. The van der Waals surface area contributed by atoms with Crippen molar-refractivity contribution < 1.29 is 19.4 Å². The van der Waals surface area contributed by atoms with Gasteiger partial charge in [-0.3, -0.25) is 4.79 Å². The highest BCUT2D eigenvalue weighted by Gasteiger charge is 2.05. The second kappa shape index (κ2) is 8.57. The molecule has 0 saturated heterocycles. The van der Waals surface area contributed by atoms with E-state index in [-0.39, 0.29) is 12.5 Å². The first-order valence-corrected chi connectivity index (χ1v) is 7.64. The first-order valence-electron chi connectivity index (χ1n) is 7.64. The Kier molecular flexibility index (Phi) is 6.19. The van der Waals surface area contributed by atoms with Gasteiger partial charge in [-0.2, -0.15) is 0 Å². The normalized spacial score (nSPS) is 10.0. The Balaban J connectivity index is 1.85. The van der Waals surface area contributed by atoms with Gasteiger partial charge in [0, 0.05) is 18.7 Å². The molecule has 0 spiro atoms. The summed E-state index contributed by atoms with van der Waals surface area (Å²) >= 11 is 0. The highest BCUT2D eigenvalue weighted by Crippen LogP contribution is 2.12. The van der Waals surface area contributed by atoms with Crippen molar-refractivity contribution in [2.24, 2.45) is 0 Å². The maximum absolute atomic E-state index is 12.1. The topological polar surface area (TPSA) is 87.7 Å². The van der Waals surface area contributed by atoms with Crippen LogP contribution >= 0.6 is 0 Å². The molecular weight excluding hydrogens is 308 g/mol. The zero-order valence-corrected chi connectivity index (χ0v) is 13.4. The van der Waals surface area contributed by atoms with E-state index in [1.54, 1.807) is 24.3 Å². The minimum absolute atomic E-state index is 0.158. The third-order valence-corrected chi connectivity index (χ3v) is 3.35. The average molecular weight is 328 g/mol. The smallest absolute Gasteiger partial charge is 0.404 e. The van der Waals surface area contributed by atoms with Crippen molar-refractivity contribution in [3.05, 3.63) is 65.2 Å². The molecule has 126 valence electrons. The number of carbonyl (C=O) groups is 2. The van der Waals surface area contributed by atoms with Crippen LogP contribution in [-0.4, -0.2) is 23.7 Å². The van der Waals surface area contributed by atoms with E-state index in [4.69, 9.17) is 9.84 Å². The largest absolute Gasteiger partial charge is 0.494 e. The van der Waals surface area contributed by atoms with Crippen molar-refractivity contribution in [3.63, 3.8) is 0 Å². The molecule has 0 atom stereocenters. The van der Waals surface area contributed by atoms with Crippen molar-refractivity contribution in [2.75, 3.05) is 6.61 Å². The van der Waals surface area contributed by atoms with Gasteiger partial charge in [0.05, 0.1) is 6.61 Å². The van der Waals surface area contributed by atoms with Crippen molar-refractivity contribution in [3.8, 4) is 5.75 Å². The number of amides is 2. The molecule has 0 heterocycles. The van der Waals surface area contributed by atoms with Gasteiger partial charge in [-0.1, -0.05) is 24.3 Å². The van der Waals surface area contributed by atoms with E-state index < -0.39 is 6.09 Å². The monoisotopic (exact) mass is 328 g/mol. The van der Waals surface area contributed by atoms with Gasteiger partial charge in [-0.15, -0.1) is 0 Å². The Bertz CT molecular complexity index is 681. The van der Waals surface area contributed by atoms with Crippen molar-refractivity contribution in [2.45, 2.75) is 20.0 Å². The number of rotatable bonds is 7. The van der Waals surface area contributed by atoms with E-state index in [1.807, 2.05) is 31.2 Å². The maximum atomic E-state index is 12.1. The molecule has 0 aliphatic carbocycles. The van der Waals surface area contributed by atoms with E-state index in [2.05, 4.69) is 10.6 Å². The first-order chi connectivity index (χ1) is 11.6. The number of hydrogen-bond acceptors (Lipinski definition) is 3. The third-order valence-electron chi connectivity index (χ3n) is 3.35. The summed E-state index contributed by atoms with van der Waals surface area (Å²) in [5.41, 5.74) is 2.37. The number of carboxylic acid groups (broad SMARTS) is 1. The van der Waals surface area contributed by atoms with Gasteiger partial charge in [0.25, 0.3) is 5.91 Å². The van der Waals surface area contributed by atoms with Gasteiger partial charge in [-0.05, 0) is 42.3 Å². The number of nitrogens with one attached hydrogen (secondary N) is 2. The minimum atomic E-state index is -1.05. The van der Waals surface area contributed by atoms with E-state index in [0.717, 1.165) is 16.9 Å². The van der Waals surface area contributed by atoms with Crippen molar-refractivity contribution >= 4 is 12.0 Å². The third kappa shape index (κ3) is 5.31. The van der Waals surface area contributed by atoms with E-state index in [9.17, 15) is 9.59 Å². The molecule has 0 unspecified atom stereocenters. The van der Waals surface area contributed by atoms with Crippen LogP contribution in [0.3, 0.4) is 0 Å². The summed E-state index contributed by atoms with van der Waals surface area (Å²) in [5, 5.41) is 13.7. The van der Waals surface area contributed by atoms with Gasteiger partial charge in [0.1, 0.15) is 5.75 Å². The molecule has 0 saturated carbocycles. The van der Waals surface area contributed by atoms with Crippen LogP contribution in [-0.2, 0) is 13.1 Å². The Labute approximate surface area is 140 Å². The van der Waals surface area contributed by atoms with Gasteiger partial charge in [0.2, 0.25) is 0 Å². The molecule has 0 fully saturated rings. The molecule has 0 bridgehead atoms. The Morgan fingerprint density at radius 2 is 1.46 bits per heavy atom. The molecule has 2 amide bonds. The molecule has 3 N–H and O–H groups in total. The first kappa shape index (κ1) is 17.3. The minimum Gasteiger partial charge on any atom is -0.494 e. The zero-order chi connectivity index (χ0) is 17.4. The van der Waals surface area contributed by atoms with Crippen LogP contribution in [0.2, 0.25) is 0 Å². The van der Waals surface area contributed by atoms with E-state index in [0.29, 0.717) is 18.7 Å². The van der Waals surface area contributed by atoms with Gasteiger partial charge in [0.15, 0.2) is 0 Å². The second-order valence-electron chi connectivity index (χ2n) is 5.12. The fourth-order valence-corrected chi connectivity index (χ4v) is 2.11. The van der Waals surface area contributed by atoms with Crippen LogP contribution in [0.15, 0.2) is 48.5 Å². The second-order valence-corrected chi connectivity index (χ2v) is 5.12. The predicted octanol–water partition coefficient (Wildman–Crippen LogP) is 2.78. The highest BCUT2D eigenvalue weighted by atomic mass is 16.5. The van der Waals surface area contributed by atoms with Crippen LogP contribution < -0.4 is 15.4 Å². The Hall–Kier alpha value is -3.02. The van der Waals surface area contributed by atoms with Crippen molar-refractivity contribution in [1.29, 1.82) is 0 Å². The van der Waals surface area contributed by atoms with Gasteiger partial charge < -0.3 is 20.5 Å². The molecule has 6 nitrogen and oxygen atoms in total. The van der Waals surface area contributed by atoms with E-state index in [1.165, 1.54) is 0 Å². The standard InChI is InChI=1S/C18H20N2O4/c1-2-24-16-9-7-15(8-10-16)17(21)19-11-13-3-5-14(6-4-13)12-20-18(22)23/h3-10,20H,2,11-12H2,1H3,(H,19,21)(H,22,23). The van der Waals surface area contributed by atoms with Crippen molar-refractivity contribution in [1.82, 2.24) is 10.6 Å². The van der Waals surface area contributed by atoms with Crippen LogP contribution in [0, 0.1) is 0 Å². The molecule has 0 aromatic heterocycles. The molecular formula is C18H20N2O4.